The molecule has 1 fully saturated rings. The molecule has 16 heavy (non-hydrogen) atoms. The fraction of sp³-hybridized carbons (Fsp3) is 0.364. The van der Waals surface area contributed by atoms with E-state index < -0.39 is 0 Å². The van der Waals surface area contributed by atoms with Crippen LogP contribution in [0.4, 0.5) is 0 Å². The van der Waals surface area contributed by atoms with Crippen LogP contribution in [0.1, 0.15) is 17.6 Å². The van der Waals surface area contributed by atoms with Crippen LogP contribution in [0.2, 0.25) is 0 Å². The van der Waals surface area contributed by atoms with Crippen molar-refractivity contribution in [3.05, 3.63) is 24.3 Å². The monoisotopic (exact) mass is 217 g/mol. The highest BCUT2D eigenvalue weighted by Gasteiger charge is 2.26. The number of hydrogen-bond donors (Lipinski definition) is 0. The van der Waals surface area contributed by atoms with E-state index in [-0.39, 0.29) is 12.0 Å². The number of para-hydroxylation sites is 1. The van der Waals surface area contributed by atoms with E-state index in [0.717, 1.165) is 23.9 Å². The lowest BCUT2D eigenvalue weighted by atomic mass is 10.2. The average molecular weight is 217 g/mol. The highest BCUT2D eigenvalue weighted by atomic mass is 16.5. The Morgan fingerprint density at radius 2 is 2.31 bits per heavy atom. The van der Waals surface area contributed by atoms with Gasteiger partial charge in [-0.1, -0.05) is 17.3 Å². The average Bonchev–Trinajstić information content (AvgIpc) is 2.98. The van der Waals surface area contributed by atoms with Crippen LogP contribution in [0, 0.1) is 0 Å². The molecule has 1 unspecified atom stereocenters. The van der Waals surface area contributed by atoms with Gasteiger partial charge < -0.3 is 4.74 Å². The van der Waals surface area contributed by atoms with Crippen LogP contribution in [0.3, 0.4) is 0 Å². The summed E-state index contributed by atoms with van der Waals surface area (Å²) >= 11 is 0. The molecule has 0 amide bonds. The van der Waals surface area contributed by atoms with Crippen molar-refractivity contribution in [1.82, 2.24) is 15.0 Å². The third-order valence-corrected chi connectivity index (χ3v) is 2.77. The third-order valence-electron chi connectivity index (χ3n) is 2.77. The van der Waals surface area contributed by atoms with Gasteiger partial charge in [0.25, 0.3) is 5.91 Å². The van der Waals surface area contributed by atoms with Crippen LogP contribution >= 0.6 is 0 Å². The minimum Gasteiger partial charge on any atom is -0.368 e. The Labute approximate surface area is 92.0 Å². The van der Waals surface area contributed by atoms with Crippen LogP contribution in [-0.2, 0) is 4.74 Å². The summed E-state index contributed by atoms with van der Waals surface area (Å²) in [5.74, 6) is -0.119. The third kappa shape index (κ3) is 1.40. The zero-order valence-corrected chi connectivity index (χ0v) is 8.67. The Morgan fingerprint density at radius 1 is 1.44 bits per heavy atom. The topological polar surface area (TPSA) is 57.0 Å². The van der Waals surface area contributed by atoms with Gasteiger partial charge >= 0.3 is 0 Å². The van der Waals surface area contributed by atoms with E-state index in [0.29, 0.717) is 6.61 Å². The molecule has 3 rings (SSSR count). The quantitative estimate of drug-likeness (QED) is 0.721. The second kappa shape index (κ2) is 3.68. The number of fused-ring (bicyclic) bond motifs is 1. The van der Waals surface area contributed by atoms with Crippen molar-refractivity contribution in [2.45, 2.75) is 18.9 Å². The fourth-order valence-electron chi connectivity index (χ4n) is 1.94. The van der Waals surface area contributed by atoms with Crippen molar-refractivity contribution >= 4 is 16.9 Å². The second-order valence-corrected chi connectivity index (χ2v) is 3.83. The van der Waals surface area contributed by atoms with E-state index in [1.54, 1.807) is 0 Å². The summed E-state index contributed by atoms with van der Waals surface area (Å²) in [6.07, 6.45) is 1.35. The number of carbonyl (C=O) groups is 1. The van der Waals surface area contributed by atoms with Gasteiger partial charge in [-0.25, -0.2) is 0 Å². The molecular formula is C11H11N3O2. The van der Waals surface area contributed by atoms with E-state index in [1.807, 2.05) is 24.3 Å². The highest BCUT2D eigenvalue weighted by Crippen LogP contribution is 2.16. The van der Waals surface area contributed by atoms with Gasteiger partial charge in [0, 0.05) is 6.61 Å². The van der Waals surface area contributed by atoms with E-state index in [4.69, 9.17) is 4.74 Å². The number of benzene rings is 1. The summed E-state index contributed by atoms with van der Waals surface area (Å²) in [7, 11) is 0. The summed E-state index contributed by atoms with van der Waals surface area (Å²) in [5.41, 5.74) is 1.47. The smallest absolute Gasteiger partial charge is 0.277 e. The van der Waals surface area contributed by atoms with Crippen LogP contribution < -0.4 is 0 Å². The van der Waals surface area contributed by atoms with Crippen LogP contribution in [0.5, 0.6) is 0 Å². The lowest BCUT2D eigenvalue weighted by molar-refractivity contribution is 0.0541. The number of aromatic nitrogens is 3. The molecule has 1 aromatic carbocycles. The Morgan fingerprint density at radius 3 is 3.12 bits per heavy atom. The molecule has 1 aliphatic heterocycles. The summed E-state index contributed by atoms with van der Waals surface area (Å²) in [6.45, 7) is 0.656. The zero-order chi connectivity index (χ0) is 11.0. The molecule has 0 bridgehead atoms. The maximum atomic E-state index is 12.1. The first-order valence-electron chi connectivity index (χ1n) is 5.32. The molecule has 1 aliphatic rings. The van der Waals surface area contributed by atoms with Crippen molar-refractivity contribution in [2.75, 3.05) is 6.61 Å². The summed E-state index contributed by atoms with van der Waals surface area (Å²) in [5, 5.41) is 7.82. The normalized spacial score (nSPS) is 20.4. The molecule has 0 saturated carbocycles. The SMILES string of the molecule is O=C(C1CCCO1)n1nnc2ccccc21. The minimum atomic E-state index is -0.356. The Hall–Kier alpha value is -1.75. The van der Waals surface area contributed by atoms with E-state index in [2.05, 4.69) is 10.3 Å². The molecule has 1 aromatic heterocycles. The summed E-state index contributed by atoms with van der Waals surface area (Å²) in [4.78, 5) is 12.1. The van der Waals surface area contributed by atoms with Crippen LogP contribution in [-0.4, -0.2) is 33.6 Å². The Balaban J connectivity index is 2.02. The molecule has 0 radical (unpaired) electrons. The summed E-state index contributed by atoms with van der Waals surface area (Å²) < 4.78 is 6.69. The number of nitrogens with zero attached hydrogens (tertiary/aromatic N) is 3. The van der Waals surface area contributed by atoms with Gasteiger partial charge in [0.05, 0.1) is 5.52 Å². The van der Waals surface area contributed by atoms with Gasteiger partial charge in [0.15, 0.2) is 0 Å². The van der Waals surface area contributed by atoms with Crippen molar-refractivity contribution in [3.63, 3.8) is 0 Å². The molecule has 5 heteroatoms. The van der Waals surface area contributed by atoms with Gasteiger partial charge in [-0.05, 0) is 25.0 Å². The Bertz CT molecular complexity index is 529. The van der Waals surface area contributed by atoms with Crippen LogP contribution in [0.25, 0.3) is 11.0 Å². The van der Waals surface area contributed by atoms with Gasteiger partial charge in [-0.15, -0.1) is 5.10 Å². The van der Waals surface area contributed by atoms with E-state index in [9.17, 15) is 4.79 Å². The molecule has 0 aliphatic carbocycles. The highest BCUT2D eigenvalue weighted by molar-refractivity contribution is 5.91. The Kier molecular flexibility index (Phi) is 2.18. The largest absolute Gasteiger partial charge is 0.368 e. The van der Waals surface area contributed by atoms with Gasteiger partial charge in [0.1, 0.15) is 11.6 Å². The molecule has 2 aromatic rings. The molecule has 82 valence electrons. The first kappa shape index (κ1) is 9.47. The maximum Gasteiger partial charge on any atom is 0.277 e. The standard InChI is InChI=1S/C11H11N3O2/c15-11(10-6-3-7-16-10)14-9-5-2-1-4-8(9)12-13-14/h1-2,4-5,10H,3,6-7H2. The molecule has 1 saturated heterocycles. The predicted molar refractivity (Wildman–Crippen MR) is 57.1 cm³/mol. The number of ether oxygens (including phenoxy) is 1. The molecule has 5 nitrogen and oxygen atoms in total. The molecule has 1 atom stereocenters. The van der Waals surface area contributed by atoms with E-state index >= 15 is 0 Å². The zero-order valence-electron chi connectivity index (χ0n) is 8.67. The molecule has 0 N–H and O–H groups in total. The first-order chi connectivity index (χ1) is 7.86. The maximum absolute atomic E-state index is 12.1. The number of hydrogen-bond acceptors (Lipinski definition) is 4. The second-order valence-electron chi connectivity index (χ2n) is 3.83. The van der Waals surface area contributed by atoms with Gasteiger partial charge in [-0.3, -0.25) is 4.79 Å². The molecular weight excluding hydrogens is 206 g/mol. The lowest BCUT2D eigenvalue weighted by Gasteiger charge is -2.07. The van der Waals surface area contributed by atoms with Gasteiger partial charge in [0.2, 0.25) is 0 Å². The predicted octanol–water partition coefficient (Wildman–Crippen LogP) is 1.25. The van der Waals surface area contributed by atoms with Gasteiger partial charge in [-0.2, -0.15) is 4.68 Å². The van der Waals surface area contributed by atoms with Crippen molar-refractivity contribution in [3.8, 4) is 0 Å². The lowest BCUT2D eigenvalue weighted by Crippen LogP contribution is -2.26. The van der Waals surface area contributed by atoms with Crippen molar-refractivity contribution in [2.24, 2.45) is 0 Å². The minimum absolute atomic E-state index is 0.119. The van der Waals surface area contributed by atoms with E-state index in [1.165, 1.54) is 4.68 Å². The van der Waals surface area contributed by atoms with Crippen molar-refractivity contribution in [1.29, 1.82) is 0 Å². The number of carbonyl (C=O) groups excluding carboxylic acids is 1. The fourth-order valence-corrected chi connectivity index (χ4v) is 1.94. The number of rotatable bonds is 1. The van der Waals surface area contributed by atoms with Crippen LogP contribution in [0.15, 0.2) is 24.3 Å². The summed E-state index contributed by atoms with van der Waals surface area (Å²) in [6, 6.07) is 7.41. The first-order valence-corrected chi connectivity index (χ1v) is 5.32. The van der Waals surface area contributed by atoms with Crippen molar-refractivity contribution < 1.29 is 9.53 Å². The molecule has 2 heterocycles. The molecule has 0 spiro atoms.